The van der Waals surface area contributed by atoms with Gasteiger partial charge in [0.25, 0.3) is 0 Å². The maximum Gasteiger partial charge on any atom is 0.138 e. The molecule has 4 heteroatoms. The molecule has 0 aliphatic heterocycles. The lowest BCUT2D eigenvalue weighted by molar-refractivity contribution is 0.287. The van der Waals surface area contributed by atoms with Crippen LogP contribution in [-0.2, 0) is 6.54 Å². The normalized spacial score (nSPS) is 11.4. The highest BCUT2D eigenvalue weighted by Crippen LogP contribution is 2.16. The summed E-state index contributed by atoms with van der Waals surface area (Å²) in [5, 5.41) is 9.70. The third kappa shape index (κ3) is 5.15. The number of aryl methyl sites for hydroxylation is 1. The fourth-order valence-electron chi connectivity index (χ4n) is 1.71. The second kappa shape index (κ2) is 6.57. The molecule has 0 spiro atoms. The molecule has 17 heavy (non-hydrogen) atoms. The van der Waals surface area contributed by atoms with Crippen LogP contribution < -0.4 is 0 Å². The highest BCUT2D eigenvalue weighted by Gasteiger charge is 2.06. The van der Waals surface area contributed by atoms with Crippen LogP contribution in [0.15, 0.2) is 12.1 Å². The monoisotopic (exact) mass is 237 g/mol. The van der Waals surface area contributed by atoms with Gasteiger partial charge in [-0.25, -0.2) is 0 Å². The van der Waals surface area contributed by atoms with Crippen molar-refractivity contribution in [1.82, 2.24) is 14.8 Å². The molecule has 0 aliphatic rings. The maximum absolute atomic E-state index is 9.70. The van der Waals surface area contributed by atoms with Gasteiger partial charge in [-0.3, -0.25) is 4.98 Å². The van der Waals surface area contributed by atoms with Crippen LogP contribution in [0, 0.1) is 6.92 Å². The molecule has 4 nitrogen and oxygen atoms in total. The first kappa shape index (κ1) is 13.9. The quantitative estimate of drug-likeness (QED) is 0.813. The van der Waals surface area contributed by atoms with Crippen molar-refractivity contribution in [3.63, 3.8) is 0 Å². The minimum atomic E-state index is 0.287. The summed E-state index contributed by atoms with van der Waals surface area (Å²) in [6, 6.07) is 3.54. The van der Waals surface area contributed by atoms with Crippen LogP contribution >= 0.6 is 0 Å². The molecule has 1 N–H and O–H groups in total. The molecular formula is C13H23N3O. The molecule has 0 radical (unpaired) electrons. The zero-order chi connectivity index (χ0) is 12.8. The van der Waals surface area contributed by atoms with Crippen molar-refractivity contribution in [3.05, 3.63) is 23.5 Å². The predicted molar refractivity (Wildman–Crippen MR) is 70.1 cm³/mol. The molecule has 1 aromatic heterocycles. The summed E-state index contributed by atoms with van der Waals surface area (Å²) in [5.74, 6) is 0.287. The van der Waals surface area contributed by atoms with Gasteiger partial charge in [-0.1, -0.05) is 0 Å². The molecule has 0 saturated heterocycles. The minimum Gasteiger partial charge on any atom is -0.506 e. The lowest BCUT2D eigenvalue weighted by Crippen LogP contribution is -2.23. The Balaban J connectivity index is 2.44. The topological polar surface area (TPSA) is 39.6 Å². The zero-order valence-corrected chi connectivity index (χ0v) is 11.3. The third-order valence-corrected chi connectivity index (χ3v) is 2.65. The smallest absolute Gasteiger partial charge is 0.138 e. The molecule has 96 valence electrons. The Morgan fingerprint density at radius 3 is 2.53 bits per heavy atom. The SMILES string of the molecule is Cc1ccc(O)c(CN(C)CCCN(C)C)n1. The summed E-state index contributed by atoms with van der Waals surface area (Å²) in [7, 11) is 6.21. The second-order valence-corrected chi connectivity index (χ2v) is 4.81. The van der Waals surface area contributed by atoms with Gasteiger partial charge in [0.2, 0.25) is 0 Å². The minimum absolute atomic E-state index is 0.287. The standard InChI is InChI=1S/C13H23N3O/c1-11-6-7-13(17)12(14-11)10-16(4)9-5-8-15(2)3/h6-7,17H,5,8-10H2,1-4H3. The fourth-order valence-corrected chi connectivity index (χ4v) is 1.71. The summed E-state index contributed by atoms with van der Waals surface area (Å²) in [6.45, 7) is 4.72. The van der Waals surface area contributed by atoms with E-state index in [1.807, 2.05) is 13.0 Å². The van der Waals surface area contributed by atoms with Gasteiger partial charge in [0.1, 0.15) is 5.75 Å². The van der Waals surface area contributed by atoms with Crippen LogP contribution in [0.25, 0.3) is 0 Å². The molecule has 0 aliphatic carbocycles. The summed E-state index contributed by atoms with van der Waals surface area (Å²) < 4.78 is 0. The van der Waals surface area contributed by atoms with Crippen LogP contribution in [0.2, 0.25) is 0 Å². The van der Waals surface area contributed by atoms with Gasteiger partial charge >= 0.3 is 0 Å². The Bertz CT molecular complexity index is 353. The summed E-state index contributed by atoms with van der Waals surface area (Å²) >= 11 is 0. The number of aromatic hydroxyl groups is 1. The maximum atomic E-state index is 9.70. The number of nitrogens with zero attached hydrogens (tertiary/aromatic N) is 3. The van der Waals surface area contributed by atoms with E-state index in [0.29, 0.717) is 6.54 Å². The lowest BCUT2D eigenvalue weighted by Gasteiger charge is -2.18. The first-order valence-corrected chi connectivity index (χ1v) is 5.98. The summed E-state index contributed by atoms with van der Waals surface area (Å²) in [6.07, 6.45) is 1.12. The first-order valence-electron chi connectivity index (χ1n) is 5.98. The molecule has 1 rings (SSSR count). The van der Waals surface area contributed by atoms with Crippen LogP contribution in [0.3, 0.4) is 0 Å². The van der Waals surface area contributed by atoms with E-state index in [2.05, 4.69) is 35.9 Å². The lowest BCUT2D eigenvalue weighted by atomic mass is 10.2. The van der Waals surface area contributed by atoms with Gasteiger partial charge in [0.05, 0.1) is 5.69 Å². The Kier molecular flexibility index (Phi) is 5.38. The average molecular weight is 237 g/mol. The molecule has 0 fully saturated rings. The number of pyridine rings is 1. The number of hydrogen-bond donors (Lipinski definition) is 1. The number of hydrogen-bond acceptors (Lipinski definition) is 4. The van der Waals surface area contributed by atoms with Crippen LogP contribution in [0.1, 0.15) is 17.8 Å². The second-order valence-electron chi connectivity index (χ2n) is 4.81. The Morgan fingerprint density at radius 2 is 1.88 bits per heavy atom. The van der Waals surface area contributed by atoms with Crippen molar-refractivity contribution < 1.29 is 5.11 Å². The van der Waals surface area contributed by atoms with Gasteiger partial charge in [-0.15, -0.1) is 0 Å². The van der Waals surface area contributed by atoms with E-state index in [1.54, 1.807) is 6.07 Å². The fraction of sp³-hybridized carbons (Fsp3) is 0.615. The van der Waals surface area contributed by atoms with E-state index in [9.17, 15) is 5.11 Å². The Labute approximate surface area is 104 Å². The van der Waals surface area contributed by atoms with Crippen molar-refractivity contribution in [1.29, 1.82) is 0 Å². The van der Waals surface area contributed by atoms with Gasteiger partial charge in [0, 0.05) is 12.2 Å². The summed E-state index contributed by atoms with van der Waals surface area (Å²) in [5.41, 5.74) is 1.71. The molecule has 1 heterocycles. The number of aromatic nitrogens is 1. The van der Waals surface area contributed by atoms with Crippen LogP contribution in [-0.4, -0.2) is 54.1 Å². The molecule has 0 saturated carbocycles. The van der Waals surface area contributed by atoms with E-state index >= 15 is 0 Å². The molecule has 0 aromatic carbocycles. The van der Waals surface area contributed by atoms with Gasteiger partial charge in [-0.05, 0) is 59.7 Å². The molecule has 0 bridgehead atoms. The van der Waals surface area contributed by atoms with E-state index < -0.39 is 0 Å². The molecule has 0 unspecified atom stereocenters. The van der Waals surface area contributed by atoms with Crippen molar-refractivity contribution in [2.24, 2.45) is 0 Å². The third-order valence-electron chi connectivity index (χ3n) is 2.65. The molecule has 1 aromatic rings. The van der Waals surface area contributed by atoms with E-state index in [4.69, 9.17) is 0 Å². The molecule has 0 atom stereocenters. The van der Waals surface area contributed by atoms with Crippen molar-refractivity contribution >= 4 is 0 Å². The Morgan fingerprint density at radius 1 is 1.18 bits per heavy atom. The van der Waals surface area contributed by atoms with Gasteiger partial charge < -0.3 is 14.9 Å². The largest absolute Gasteiger partial charge is 0.506 e. The molecular weight excluding hydrogens is 214 g/mol. The Hall–Kier alpha value is -1.13. The van der Waals surface area contributed by atoms with Crippen molar-refractivity contribution in [3.8, 4) is 5.75 Å². The molecule has 0 amide bonds. The first-order chi connectivity index (χ1) is 7.99. The zero-order valence-electron chi connectivity index (χ0n) is 11.3. The van der Waals surface area contributed by atoms with E-state index in [1.165, 1.54) is 0 Å². The van der Waals surface area contributed by atoms with Gasteiger partial charge in [-0.2, -0.15) is 0 Å². The summed E-state index contributed by atoms with van der Waals surface area (Å²) in [4.78, 5) is 8.72. The van der Waals surface area contributed by atoms with E-state index in [-0.39, 0.29) is 5.75 Å². The average Bonchev–Trinajstić information content (AvgIpc) is 2.23. The van der Waals surface area contributed by atoms with E-state index in [0.717, 1.165) is 30.9 Å². The van der Waals surface area contributed by atoms with Crippen LogP contribution in [0.4, 0.5) is 0 Å². The van der Waals surface area contributed by atoms with Gasteiger partial charge in [0.15, 0.2) is 0 Å². The highest BCUT2D eigenvalue weighted by molar-refractivity contribution is 5.27. The van der Waals surface area contributed by atoms with Crippen molar-refractivity contribution in [2.75, 3.05) is 34.2 Å². The van der Waals surface area contributed by atoms with Crippen LogP contribution in [0.5, 0.6) is 5.75 Å². The highest BCUT2D eigenvalue weighted by atomic mass is 16.3. The predicted octanol–water partition coefficient (Wildman–Crippen LogP) is 1.48. The number of rotatable bonds is 6. The van der Waals surface area contributed by atoms with Crippen molar-refractivity contribution in [2.45, 2.75) is 19.9 Å².